The third-order valence-electron chi connectivity index (χ3n) is 4.67. The topological polar surface area (TPSA) is 107 Å². The van der Waals surface area contributed by atoms with Crippen molar-refractivity contribution in [3.63, 3.8) is 0 Å². The maximum Gasteiger partial charge on any atom is 0.416 e. The molecule has 178 valence electrons. The summed E-state index contributed by atoms with van der Waals surface area (Å²) in [7, 11) is 0. The van der Waals surface area contributed by atoms with Gasteiger partial charge in [-0.1, -0.05) is 11.6 Å². The van der Waals surface area contributed by atoms with Gasteiger partial charge < -0.3 is 9.15 Å². The molecule has 1 heterocycles. The normalized spacial score (nSPS) is 11.7. The number of nitro benzene ring substituents is 1. The number of halogens is 4. The number of carbonyl (C=O) groups is 1. The highest BCUT2D eigenvalue weighted by Crippen LogP contribution is 2.37. The first-order valence-electron chi connectivity index (χ1n) is 9.76. The number of hydrazone groups is 1. The summed E-state index contributed by atoms with van der Waals surface area (Å²) in [4.78, 5) is 22.4. The van der Waals surface area contributed by atoms with Crippen molar-refractivity contribution in [2.75, 3.05) is 0 Å². The number of ether oxygens (including phenoxy) is 1. The van der Waals surface area contributed by atoms with E-state index in [0.717, 1.165) is 6.07 Å². The van der Waals surface area contributed by atoms with Crippen LogP contribution in [0.3, 0.4) is 0 Å². The van der Waals surface area contributed by atoms with Crippen molar-refractivity contribution in [3.05, 3.63) is 98.8 Å². The Hall–Kier alpha value is -4.38. The van der Waals surface area contributed by atoms with Gasteiger partial charge in [0, 0.05) is 16.5 Å². The van der Waals surface area contributed by atoms with Crippen LogP contribution in [0.1, 0.15) is 21.7 Å². The molecule has 0 radical (unpaired) electrons. The van der Waals surface area contributed by atoms with Crippen molar-refractivity contribution >= 4 is 40.4 Å². The lowest BCUT2D eigenvalue weighted by molar-refractivity contribution is -0.385. The summed E-state index contributed by atoms with van der Waals surface area (Å²) < 4.78 is 49.3. The van der Waals surface area contributed by atoms with E-state index in [1.165, 1.54) is 36.5 Å². The second-order valence-corrected chi connectivity index (χ2v) is 7.54. The second kappa shape index (κ2) is 9.47. The lowest BCUT2D eigenvalue weighted by Gasteiger charge is -2.10. The molecule has 8 nitrogen and oxygen atoms in total. The molecular formula is C23H13ClF3N3O5. The number of amides is 1. The molecule has 1 aromatic heterocycles. The van der Waals surface area contributed by atoms with E-state index in [-0.39, 0.29) is 17.3 Å². The minimum absolute atomic E-state index is 0.0429. The molecule has 0 bridgehead atoms. The van der Waals surface area contributed by atoms with Gasteiger partial charge in [0.05, 0.1) is 16.7 Å². The largest absolute Gasteiger partial charge is 0.451 e. The molecule has 0 aliphatic rings. The molecule has 0 saturated heterocycles. The Balaban J connectivity index is 1.41. The number of rotatable bonds is 6. The first-order chi connectivity index (χ1) is 16.6. The smallest absolute Gasteiger partial charge is 0.416 e. The van der Waals surface area contributed by atoms with Crippen molar-refractivity contribution < 1.29 is 32.0 Å². The minimum atomic E-state index is -4.72. The number of furan rings is 1. The van der Waals surface area contributed by atoms with Gasteiger partial charge in [-0.2, -0.15) is 18.3 Å². The predicted molar refractivity (Wildman–Crippen MR) is 121 cm³/mol. The van der Waals surface area contributed by atoms with E-state index < -0.39 is 28.3 Å². The molecule has 0 fully saturated rings. The van der Waals surface area contributed by atoms with Gasteiger partial charge in [0.2, 0.25) is 5.75 Å². The molecule has 4 rings (SSSR count). The zero-order chi connectivity index (χ0) is 25.2. The van der Waals surface area contributed by atoms with Crippen LogP contribution in [0.2, 0.25) is 5.02 Å². The summed E-state index contributed by atoms with van der Waals surface area (Å²) in [6.45, 7) is 0. The Labute approximate surface area is 199 Å². The van der Waals surface area contributed by atoms with Crippen LogP contribution in [0.4, 0.5) is 18.9 Å². The van der Waals surface area contributed by atoms with Gasteiger partial charge in [0.15, 0.2) is 5.76 Å². The molecule has 12 heteroatoms. The molecule has 1 amide bonds. The quantitative estimate of drug-likeness (QED) is 0.182. The first-order valence-corrected chi connectivity index (χ1v) is 10.1. The summed E-state index contributed by atoms with van der Waals surface area (Å²) in [6.07, 6.45) is -3.39. The van der Waals surface area contributed by atoms with Crippen LogP contribution in [0.5, 0.6) is 11.5 Å². The second-order valence-electron chi connectivity index (χ2n) is 7.10. The highest BCUT2D eigenvalue weighted by molar-refractivity contribution is 6.31. The molecule has 4 aromatic rings. The molecule has 0 aliphatic carbocycles. The zero-order valence-corrected chi connectivity index (χ0v) is 18.1. The fourth-order valence-corrected chi connectivity index (χ4v) is 3.20. The molecule has 0 aliphatic heterocycles. The number of fused-ring (bicyclic) bond motifs is 1. The maximum absolute atomic E-state index is 12.8. The number of nitro groups is 1. The van der Waals surface area contributed by atoms with Crippen LogP contribution in [-0.2, 0) is 6.18 Å². The summed E-state index contributed by atoms with van der Waals surface area (Å²) in [5.41, 5.74) is 1.38. The van der Waals surface area contributed by atoms with E-state index in [2.05, 4.69) is 10.5 Å². The van der Waals surface area contributed by atoms with Crippen molar-refractivity contribution in [3.8, 4) is 11.5 Å². The molecule has 35 heavy (non-hydrogen) atoms. The van der Waals surface area contributed by atoms with E-state index in [4.69, 9.17) is 20.8 Å². The lowest BCUT2D eigenvalue weighted by atomic mass is 10.2. The van der Waals surface area contributed by atoms with Crippen LogP contribution < -0.4 is 10.2 Å². The Bertz CT molecular complexity index is 1450. The van der Waals surface area contributed by atoms with Crippen LogP contribution in [0, 0.1) is 10.1 Å². The van der Waals surface area contributed by atoms with Crippen LogP contribution in [0.25, 0.3) is 11.0 Å². The van der Waals surface area contributed by atoms with Crippen molar-refractivity contribution in [1.82, 2.24) is 5.43 Å². The van der Waals surface area contributed by atoms with Gasteiger partial charge in [-0.25, -0.2) is 5.43 Å². The highest BCUT2D eigenvalue weighted by atomic mass is 35.5. The Kier molecular flexibility index (Phi) is 6.43. The molecule has 1 N–H and O–H groups in total. The summed E-state index contributed by atoms with van der Waals surface area (Å²) in [5, 5.41) is 16.2. The number of benzene rings is 3. The molecule has 0 unspecified atom stereocenters. The third-order valence-corrected chi connectivity index (χ3v) is 4.91. The number of nitrogens with zero attached hydrogens (tertiary/aromatic N) is 2. The Morgan fingerprint density at radius 3 is 2.51 bits per heavy atom. The van der Waals surface area contributed by atoms with Crippen LogP contribution in [0.15, 0.2) is 76.2 Å². The number of hydrogen-bond donors (Lipinski definition) is 1. The van der Waals surface area contributed by atoms with Crippen molar-refractivity contribution in [1.29, 1.82) is 0 Å². The fraction of sp³-hybridized carbons (Fsp3) is 0.0435. The SMILES string of the molecule is O=C(N/N=C/c1ccc(Oc2ccc(C(F)(F)F)cc2[N+](=O)[O-])cc1)c1cc2cc(Cl)ccc2o1. The minimum Gasteiger partial charge on any atom is -0.451 e. The predicted octanol–water partition coefficient (Wildman–Crippen LogP) is 6.57. The van der Waals surface area contributed by atoms with Gasteiger partial charge in [-0.05, 0) is 66.2 Å². The average Bonchev–Trinajstić information content (AvgIpc) is 3.23. The Morgan fingerprint density at radius 1 is 1.09 bits per heavy atom. The van der Waals surface area contributed by atoms with Gasteiger partial charge in [-0.3, -0.25) is 14.9 Å². The monoisotopic (exact) mass is 503 g/mol. The van der Waals surface area contributed by atoms with Crippen molar-refractivity contribution in [2.24, 2.45) is 5.10 Å². The average molecular weight is 504 g/mol. The highest BCUT2D eigenvalue weighted by Gasteiger charge is 2.33. The van der Waals surface area contributed by atoms with Gasteiger partial charge in [0.25, 0.3) is 0 Å². The standard InChI is InChI=1S/C23H13ClF3N3O5/c24-16-4-8-19-14(9-16)10-21(35-19)22(31)29-28-12-13-1-5-17(6-2-13)34-20-7-3-15(23(25,26)27)11-18(20)30(32)33/h1-12H,(H,29,31)/b28-12+. The molecule has 0 atom stereocenters. The third kappa shape index (κ3) is 5.58. The maximum atomic E-state index is 12.8. The zero-order valence-electron chi connectivity index (χ0n) is 17.4. The molecule has 0 saturated carbocycles. The van der Waals surface area contributed by atoms with Crippen LogP contribution >= 0.6 is 11.6 Å². The first kappa shape index (κ1) is 23.8. The summed E-state index contributed by atoms with van der Waals surface area (Å²) >= 11 is 5.91. The Morgan fingerprint density at radius 2 is 1.83 bits per heavy atom. The summed E-state index contributed by atoms with van der Waals surface area (Å²) in [5.74, 6) is -0.733. The molecular weight excluding hydrogens is 491 g/mol. The van der Waals surface area contributed by atoms with E-state index in [1.807, 2.05) is 0 Å². The van der Waals surface area contributed by atoms with Gasteiger partial charge in [-0.15, -0.1) is 0 Å². The molecule has 0 spiro atoms. The van der Waals surface area contributed by atoms with Gasteiger partial charge >= 0.3 is 17.8 Å². The van der Waals surface area contributed by atoms with E-state index in [1.54, 1.807) is 18.2 Å². The van der Waals surface area contributed by atoms with Gasteiger partial charge in [0.1, 0.15) is 11.3 Å². The van der Waals surface area contributed by atoms with E-state index in [9.17, 15) is 28.1 Å². The number of alkyl halides is 3. The number of hydrogen-bond acceptors (Lipinski definition) is 6. The van der Waals surface area contributed by atoms with Crippen LogP contribution in [-0.4, -0.2) is 17.0 Å². The lowest BCUT2D eigenvalue weighted by Crippen LogP contribution is -2.16. The van der Waals surface area contributed by atoms with E-state index in [0.29, 0.717) is 33.7 Å². The van der Waals surface area contributed by atoms with E-state index >= 15 is 0 Å². The summed E-state index contributed by atoms with van der Waals surface area (Å²) in [6, 6.07) is 14.4. The molecule has 3 aromatic carbocycles. The number of nitrogens with one attached hydrogen (secondary N) is 1. The fourth-order valence-electron chi connectivity index (χ4n) is 3.02. The van der Waals surface area contributed by atoms with Crippen molar-refractivity contribution in [2.45, 2.75) is 6.18 Å². The number of carbonyl (C=O) groups excluding carboxylic acids is 1.